The first-order valence-electron chi connectivity index (χ1n) is 12.1. The number of hydrogen-bond donors (Lipinski definition) is 8. The lowest BCUT2D eigenvalue weighted by Crippen LogP contribution is -2.58. The highest BCUT2D eigenvalue weighted by Gasteiger charge is 2.30. The summed E-state index contributed by atoms with van der Waals surface area (Å²) in [4.78, 5) is 61.0. The molecule has 0 radical (unpaired) electrons. The molecule has 2 rings (SSSR count). The van der Waals surface area contributed by atoms with E-state index in [0.717, 1.165) is 0 Å². The van der Waals surface area contributed by atoms with Crippen molar-refractivity contribution in [2.24, 2.45) is 11.5 Å². The second-order valence-electron chi connectivity index (χ2n) is 8.88. The third-order valence-corrected chi connectivity index (χ3v) is 5.75. The average Bonchev–Trinajstić information content (AvgIpc) is 2.90. The summed E-state index contributed by atoms with van der Waals surface area (Å²) in [7, 11) is 0. The lowest BCUT2D eigenvalue weighted by molar-refractivity contribution is -0.143. The Balaban J connectivity index is 2.13. The Morgan fingerprint density at radius 2 is 1.28 bits per heavy atom. The van der Waals surface area contributed by atoms with Crippen molar-refractivity contribution in [1.29, 1.82) is 0 Å². The van der Waals surface area contributed by atoms with Crippen LogP contribution < -0.4 is 27.4 Å². The minimum absolute atomic E-state index is 0.0282. The zero-order valence-corrected chi connectivity index (χ0v) is 21.1. The second-order valence-corrected chi connectivity index (χ2v) is 8.88. The van der Waals surface area contributed by atoms with Gasteiger partial charge in [0.2, 0.25) is 23.6 Å². The zero-order chi connectivity index (χ0) is 28.9. The Morgan fingerprint density at radius 3 is 1.85 bits per heavy atom. The normalized spacial score (nSPS) is 13.8. The Bertz CT molecular complexity index is 1140. The number of carbonyl (C=O) groups excluding carboxylic acids is 4. The van der Waals surface area contributed by atoms with Crippen LogP contribution in [0.1, 0.15) is 24.0 Å². The third kappa shape index (κ3) is 10.4. The Kier molecular flexibility index (Phi) is 11.9. The lowest BCUT2D eigenvalue weighted by atomic mass is 10.0. The highest BCUT2D eigenvalue weighted by molar-refractivity contribution is 5.94. The molecule has 0 aromatic heterocycles. The molecule has 0 saturated carbocycles. The molecule has 13 heteroatoms. The fraction of sp³-hybridized carbons (Fsp3) is 0.346. The van der Waals surface area contributed by atoms with E-state index in [0.29, 0.717) is 11.1 Å². The number of carboxylic acid groups (broad SMARTS) is 1. The van der Waals surface area contributed by atoms with Crippen molar-refractivity contribution >= 4 is 29.6 Å². The number of aliphatic carboxylic acids is 1. The molecule has 0 spiro atoms. The number of phenolic OH excluding ortho intramolecular Hbond substituents is 1. The molecule has 0 saturated heterocycles. The number of primary amides is 1. The van der Waals surface area contributed by atoms with Crippen molar-refractivity contribution < 1.29 is 39.3 Å². The quantitative estimate of drug-likeness (QED) is 0.128. The number of aromatic hydroxyl groups is 1. The molecular weight excluding hydrogens is 510 g/mol. The van der Waals surface area contributed by atoms with Crippen molar-refractivity contribution in [3.8, 4) is 5.75 Å². The summed E-state index contributed by atoms with van der Waals surface area (Å²) in [6.45, 7) is -0.869. The minimum Gasteiger partial charge on any atom is -0.508 e. The van der Waals surface area contributed by atoms with E-state index in [1.807, 2.05) is 0 Å². The molecule has 0 aliphatic carbocycles. The maximum Gasteiger partial charge on any atom is 0.326 e. The Labute approximate surface area is 224 Å². The topological polar surface area (TPSA) is 234 Å². The maximum atomic E-state index is 13.1. The predicted octanol–water partition coefficient (Wildman–Crippen LogP) is -1.70. The van der Waals surface area contributed by atoms with Crippen molar-refractivity contribution in [1.82, 2.24) is 16.0 Å². The van der Waals surface area contributed by atoms with Crippen LogP contribution in [0.2, 0.25) is 0 Å². The molecule has 2 aromatic carbocycles. The first-order chi connectivity index (χ1) is 18.5. The van der Waals surface area contributed by atoms with Crippen molar-refractivity contribution in [2.75, 3.05) is 6.61 Å². The molecule has 210 valence electrons. The smallest absolute Gasteiger partial charge is 0.326 e. The van der Waals surface area contributed by atoms with Crippen LogP contribution in [0.3, 0.4) is 0 Å². The molecule has 10 N–H and O–H groups in total. The number of amides is 4. The number of aliphatic hydroxyl groups is 1. The van der Waals surface area contributed by atoms with Crippen LogP contribution in [0.5, 0.6) is 5.75 Å². The second kappa shape index (κ2) is 15.1. The average molecular weight is 544 g/mol. The van der Waals surface area contributed by atoms with Gasteiger partial charge in [-0.15, -0.1) is 0 Å². The van der Waals surface area contributed by atoms with Crippen LogP contribution in [0.15, 0.2) is 54.6 Å². The number of benzene rings is 2. The van der Waals surface area contributed by atoms with Gasteiger partial charge in [-0.05, 0) is 36.1 Å². The van der Waals surface area contributed by atoms with Crippen molar-refractivity contribution in [3.05, 3.63) is 65.7 Å². The summed E-state index contributed by atoms with van der Waals surface area (Å²) in [6, 6.07) is 9.57. The number of nitrogens with two attached hydrogens (primary N) is 2. The monoisotopic (exact) mass is 543 g/mol. The van der Waals surface area contributed by atoms with E-state index in [4.69, 9.17) is 11.5 Å². The van der Waals surface area contributed by atoms with Gasteiger partial charge in [-0.2, -0.15) is 0 Å². The molecule has 0 aliphatic heterocycles. The van der Waals surface area contributed by atoms with Gasteiger partial charge in [-0.3, -0.25) is 19.2 Å². The summed E-state index contributed by atoms with van der Waals surface area (Å²) in [5, 5.41) is 35.5. The predicted molar refractivity (Wildman–Crippen MR) is 139 cm³/mol. The van der Waals surface area contributed by atoms with E-state index >= 15 is 0 Å². The molecule has 13 nitrogen and oxygen atoms in total. The first-order valence-corrected chi connectivity index (χ1v) is 12.1. The fourth-order valence-corrected chi connectivity index (χ4v) is 3.60. The van der Waals surface area contributed by atoms with Gasteiger partial charge in [0.15, 0.2) is 0 Å². The van der Waals surface area contributed by atoms with E-state index in [1.165, 1.54) is 12.1 Å². The number of carboxylic acids is 1. The number of phenols is 1. The summed E-state index contributed by atoms with van der Waals surface area (Å²) < 4.78 is 0. The molecule has 4 atom stereocenters. The van der Waals surface area contributed by atoms with Gasteiger partial charge in [0.25, 0.3) is 0 Å². The van der Waals surface area contributed by atoms with Gasteiger partial charge < -0.3 is 42.7 Å². The molecule has 39 heavy (non-hydrogen) atoms. The van der Waals surface area contributed by atoms with E-state index in [1.54, 1.807) is 42.5 Å². The number of nitrogens with one attached hydrogen (secondary N) is 3. The molecule has 4 unspecified atom stereocenters. The number of aliphatic hydroxyl groups excluding tert-OH is 1. The number of carbonyl (C=O) groups is 5. The molecular formula is C26H33N5O8. The number of hydrogen-bond acceptors (Lipinski definition) is 8. The van der Waals surface area contributed by atoms with Crippen LogP contribution in [0, 0.1) is 0 Å². The zero-order valence-electron chi connectivity index (χ0n) is 21.1. The Hall–Kier alpha value is -4.49. The van der Waals surface area contributed by atoms with Gasteiger partial charge in [0.1, 0.15) is 23.9 Å². The number of rotatable bonds is 15. The van der Waals surface area contributed by atoms with E-state index < -0.39 is 60.4 Å². The molecule has 0 aliphatic rings. The SMILES string of the molecule is NC(=O)CCC(NC(=O)C(CO)NC(=O)C(Cc1ccccc1)NC(=O)C(N)Cc1ccc(O)cc1)C(=O)O. The summed E-state index contributed by atoms with van der Waals surface area (Å²) >= 11 is 0. The maximum absolute atomic E-state index is 13.1. The van der Waals surface area contributed by atoms with E-state index in [2.05, 4.69) is 16.0 Å². The molecule has 0 heterocycles. The van der Waals surface area contributed by atoms with Crippen LogP contribution >= 0.6 is 0 Å². The largest absolute Gasteiger partial charge is 0.508 e. The van der Waals surface area contributed by atoms with Crippen LogP contribution in [0.4, 0.5) is 0 Å². The van der Waals surface area contributed by atoms with Crippen molar-refractivity contribution in [3.63, 3.8) is 0 Å². The lowest BCUT2D eigenvalue weighted by Gasteiger charge is -2.24. The summed E-state index contributed by atoms with van der Waals surface area (Å²) in [5.41, 5.74) is 12.4. The molecule has 4 amide bonds. The first kappa shape index (κ1) is 30.7. The van der Waals surface area contributed by atoms with Gasteiger partial charge in [-0.1, -0.05) is 42.5 Å². The van der Waals surface area contributed by atoms with Crippen LogP contribution in [-0.2, 0) is 36.8 Å². The third-order valence-electron chi connectivity index (χ3n) is 5.75. The van der Waals surface area contributed by atoms with Gasteiger partial charge in [0, 0.05) is 12.8 Å². The van der Waals surface area contributed by atoms with Crippen LogP contribution in [-0.4, -0.2) is 75.7 Å². The highest BCUT2D eigenvalue weighted by atomic mass is 16.4. The molecule has 0 bridgehead atoms. The van der Waals surface area contributed by atoms with E-state index in [-0.39, 0.29) is 31.4 Å². The fourth-order valence-electron chi connectivity index (χ4n) is 3.60. The summed E-state index contributed by atoms with van der Waals surface area (Å²) in [6.07, 6.45) is -0.438. The standard InChI is InChI=1S/C26H33N5O8/c27-18(12-16-6-8-17(33)9-7-16)23(35)30-20(13-15-4-2-1-3-5-15)24(36)31-21(14-32)25(37)29-19(26(38)39)10-11-22(28)34/h1-9,18-21,32-33H,10-14,27H2,(H2,28,34)(H,29,37)(H,30,35)(H,31,36)(H,38,39). The Morgan fingerprint density at radius 1 is 0.744 bits per heavy atom. The van der Waals surface area contributed by atoms with E-state index in [9.17, 15) is 39.3 Å². The highest BCUT2D eigenvalue weighted by Crippen LogP contribution is 2.11. The van der Waals surface area contributed by atoms with Crippen LogP contribution in [0.25, 0.3) is 0 Å². The molecule has 0 fully saturated rings. The van der Waals surface area contributed by atoms with Gasteiger partial charge in [0.05, 0.1) is 12.6 Å². The molecule has 2 aromatic rings. The summed E-state index contributed by atoms with van der Waals surface area (Å²) in [5.74, 6) is -4.60. The van der Waals surface area contributed by atoms with Gasteiger partial charge in [-0.25, -0.2) is 4.79 Å². The van der Waals surface area contributed by atoms with Gasteiger partial charge >= 0.3 is 5.97 Å². The minimum atomic E-state index is -1.55. The van der Waals surface area contributed by atoms with Crippen molar-refractivity contribution in [2.45, 2.75) is 49.9 Å².